The van der Waals surface area contributed by atoms with Gasteiger partial charge in [0.05, 0.1) is 23.2 Å². The summed E-state index contributed by atoms with van der Waals surface area (Å²) in [6, 6.07) is 8.20. The van der Waals surface area contributed by atoms with Gasteiger partial charge in [-0.25, -0.2) is 4.79 Å². The van der Waals surface area contributed by atoms with Crippen LogP contribution < -0.4 is 21.3 Å². The van der Waals surface area contributed by atoms with Crippen LogP contribution in [0.2, 0.25) is 0 Å². The van der Waals surface area contributed by atoms with E-state index in [-0.39, 0.29) is 24.1 Å². The highest BCUT2D eigenvalue weighted by atomic mass is 16.3. The molecule has 3 amide bonds. The molecule has 2 fully saturated rings. The first-order chi connectivity index (χ1) is 20.2. The van der Waals surface area contributed by atoms with E-state index in [0.29, 0.717) is 16.9 Å². The van der Waals surface area contributed by atoms with Gasteiger partial charge < -0.3 is 31.5 Å². The molecular weight excluding hydrogens is 558 g/mol. The van der Waals surface area contributed by atoms with Crippen molar-refractivity contribution < 1.29 is 39.0 Å². The zero-order valence-electron chi connectivity index (χ0n) is 24.1. The highest BCUT2D eigenvalue weighted by molar-refractivity contribution is 6.32. The van der Waals surface area contributed by atoms with Crippen molar-refractivity contribution in [3.63, 3.8) is 0 Å². The fraction of sp³-hybridized carbons (Fsp3) is 0.400. The van der Waals surface area contributed by atoms with Crippen LogP contribution in [0.25, 0.3) is 0 Å². The molecule has 2 aromatic carbocycles. The van der Waals surface area contributed by atoms with Crippen LogP contribution in [0.15, 0.2) is 36.4 Å². The second kappa shape index (κ2) is 10.6. The normalized spacial score (nSPS) is 28.1. The predicted octanol–water partition coefficient (Wildman–Crippen LogP) is 0.577. The van der Waals surface area contributed by atoms with Crippen molar-refractivity contribution in [3.8, 4) is 5.75 Å². The van der Waals surface area contributed by atoms with Gasteiger partial charge in [0, 0.05) is 31.4 Å². The second-order valence-electron chi connectivity index (χ2n) is 11.8. The van der Waals surface area contributed by atoms with E-state index in [0.717, 1.165) is 0 Å². The minimum Gasteiger partial charge on any atom is -0.505 e. The number of Topliss-reactive ketones (excluding diaryl/α,β-unsaturated/α-hetero) is 4. The molecule has 0 bridgehead atoms. The Bertz CT molecular complexity index is 1570. The first kappa shape index (κ1) is 29.9. The summed E-state index contributed by atoms with van der Waals surface area (Å²) in [4.78, 5) is 82.9. The van der Waals surface area contributed by atoms with Crippen LogP contribution >= 0.6 is 0 Å². The molecule has 13 heteroatoms. The molecule has 0 heterocycles. The van der Waals surface area contributed by atoms with Gasteiger partial charge in [0.25, 0.3) is 0 Å². The van der Waals surface area contributed by atoms with Crippen molar-refractivity contribution in [1.29, 1.82) is 0 Å². The maximum atomic E-state index is 14.1. The Labute approximate surface area is 247 Å². The Morgan fingerprint density at radius 1 is 1.00 bits per heavy atom. The molecule has 2 aromatic rings. The number of fused-ring (bicyclic) bond motifs is 3. The number of primary amides is 1. The van der Waals surface area contributed by atoms with Crippen LogP contribution in [0.1, 0.15) is 22.3 Å². The van der Waals surface area contributed by atoms with Gasteiger partial charge in [-0.2, -0.15) is 0 Å². The van der Waals surface area contributed by atoms with Gasteiger partial charge in [-0.05, 0) is 56.6 Å². The summed E-state index contributed by atoms with van der Waals surface area (Å²) in [7, 11) is 6.48. The van der Waals surface area contributed by atoms with Crippen LogP contribution in [-0.2, 0) is 25.6 Å². The molecule has 3 aliphatic rings. The fourth-order valence-corrected chi connectivity index (χ4v) is 6.95. The number of carbonyl (C=O) groups excluding carboxylic acids is 6. The number of phenolic OH excluding ortho intramolecular Hbond substituents is 1. The third kappa shape index (κ3) is 4.55. The molecule has 13 nitrogen and oxygen atoms in total. The van der Waals surface area contributed by atoms with E-state index in [1.165, 1.54) is 25.1 Å². The molecule has 43 heavy (non-hydrogen) atoms. The number of nitrogens with two attached hydrogens (primary N) is 1. The molecule has 5 rings (SSSR count). The fourth-order valence-electron chi connectivity index (χ4n) is 6.95. The number of phenols is 1. The average Bonchev–Trinajstić information content (AvgIpc) is 2.92. The zero-order chi connectivity index (χ0) is 31.5. The third-order valence-electron chi connectivity index (χ3n) is 8.80. The molecule has 0 spiro atoms. The number of aromatic hydroxyl groups is 1. The molecule has 2 unspecified atom stereocenters. The highest BCUT2D eigenvalue weighted by Crippen LogP contribution is 2.52. The highest BCUT2D eigenvalue weighted by Gasteiger charge is 2.69. The van der Waals surface area contributed by atoms with Crippen LogP contribution in [0.5, 0.6) is 5.75 Å². The molecular formula is C30H33N5O8. The van der Waals surface area contributed by atoms with E-state index >= 15 is 0 Å². The number of nitrogens with zero attached hydrogens (tertiary/aromatic N) is 2. The molecule has 0 radical (unpaired) electrons. The van der Waals surface area contributed by atoms with Gasteiger partial charge >= 0.3 is 6.03 Å². The third-order valence-corrected chi connectivity index (χ3v) is 8.80. The summed E-state index contributed by atoms with van der Waals surface area (Å²) >= 11 is 0. The van der Waals surface area contributed by atoms with Crippen molar-refractivity contribution in [3.05, 3.63) is 47.5 Å². The van der Waals surface area contributed by atoms with Crippen molar-refractivity contribution in [2.75, 3.05) is 43.7 Å². The number of carbonyl (C=O) groups is 6. The lowest BCUT2D eigenvalue weighted by Gasteiger charge is -2.52. The Balaban J connectivity index is 1.58. The smallest absolute Gasteiger partial charge is 0.323 e. The monoisotopic (exact) mass is 591 g/mol. The van der Waals surface area contributed by atoms with Gasteiger partial charge in [0.1, 0.15) is 5.75 Å². The van der Waals surface area contributed by atoms with Crippen molar-refractivity contribution in [2.45, 2.75) is 24.5 Å². The molecule has 6 N–H and O–H groups in total. The van der Waals surface area contributed by atoms with Crippen molar-refractivity contribution in [2.24, 2.45) is 29.4 Å². The van der Waals surface area contributed by atoms with E-state index < -0.39 is 76.1 Å². The SMILES string of the molecule is CN(C)c1cc(NC(=O)Nc2ccccc2)c(O)c2c1C[C@H]1C[C@H]3[C@H](N(C)C)C(=O)C(C(N)=O)C(=O)[C@@]3(O)C(=O)C1C2=O. The Morgan fingerprint density at radius 2 is 1.65 bits per heavy atom. The van der Waals surface area contributed by atoms with Crippen LogP contribution in [0.3, 0.4) is 0 Å². The minimum absolute atomic E-state index is 0.0585. The lowest BCUT2D eigenvalue weighted by Crippen LogP contribution is -2.74. The minimum atomic E-state index is -2.82. The van der Waals surface area contributed by atoms with Gasteiger partial charge in [0.2, 0.25) is 5.91 Å². The van der Waals surface area contributed by atoms with Gasteiger partial charge in [-0.3, -0.25) is 28.9 Å². The van der Waals surface area contributed by atoms with Crippen molar-refractivity contribution >= 4 is 52.1 Å². The predicted molar refractivity (Wildman–Crippen MR) is 155 cm³/mol. The standard InChI is InChI=1S/C30H33N5O8/c1-34(2)18-12-17(33-29(42)32-14-8-6-5-7-9-14)23(36)20-15(18)10-13-11-16-22(35(3)4)25(38)21(28(31)41)27(40)30(16,43)26(39)19(13)24(20)37/h5-9,12-13,16,19,21-22,36,43H,10-11H2,1-4H3,(H2,31,41)(H2,32,33,42)/t13-,16-,19?,21?,22-,30-/m0/s1. The van der Waals surface area contributed by atoms with Crippen molar-refractivity contribution in [1.82, 2.24) is 4.90 Å². The maximum Gasteiger partial charge on any atom is 0.323 e. The molecule has 0 aliphatic heterocycles. The van der Waals surface area contributed by atoms with Gasteiger partial charge in [-0.1, -0.05) is 18.2 Å². The Morgan fingerprint density at radius 3 is 2.23 bits per heavy atom. The van der Waals surface area contributed by atoms with E-state index in [9.17, 15) is 39.0 Å². The number of rotatable bonds is 5. The summed E-state index contributed by atoms with van der Waals surface area (Å²) in [5.41, 5.74) is 3.64. The summed E-state index contributed by atoms with van der Waals surface area (Å²) < 4.78 is 0. The van der Waals surface area contributed by atoms with E-state index in [1.54, 1.807) is 49.3 Å². The number of nitrogens with one attached hydrogen (secondary N) is 2. The number of para-hydroxylation sites is 1. The first-order valence-electron chi connectivity index (χ1n) is 13.7. The number of ketones is 4. The number of likely N-dealkylation sites (N-methyl/N-ethyl adjacent to an activating group) is 1. The Hall–Kier alpha value is -4.62. The largest absolute Gasteiger partial charge is 0.505 e. The lowest BCUT2D eigenvalue weighted by atomic mass is 9.52. The summed E-state index contributed by atoms with van der Waals surface area (Å²) in [6.07, 6.45) is 0.0421. The number of aliphatic hydroxyl groups is 1. The van der Waals surface area contributed by atoms with Crippen LogP contribution in [0.4, 0.5) is 21.9 Å². The van der Waals surface area contributed by atoms with E-state index in [4.69, 9.17) is 5.73 Å². The zero-order valence-corrected chi connectivity index (χ0v) is 24.1. The number of urea groups is 1. The number of anilines is 3. The lowest BCUT2D eigenvalue weighted by molar-refractivity contribution is -0.181. The average molecular weight is 592 g/mol. The van der Waals surface area contributed by atoms with Crippen LogP contribution in [-0.4, -0.2) is 90.0 Å². The molecule has 0 aromatic heterocycles. The Kier molecular flexibility index (Phi) is 7.35. The molecule has 6 atom stereocenters. The molecule has 2 saturated carbocycles. The topological polar surface area (TPSA) is 199 Å². The van der Waals surface area contributed by atoms with Gasteiger partial charge in [-0.15, -0.1) is 0 Å². The molecule has 226 valence electrons. The molecule has 3 aliphatic carbocycles. The number of hydrogen-bond donors (Lipinski definition) is 5. The number of hydrogen-bond acceptors (Lipinski definition) is 10. The summed E-state index contributed by atoms with van der Waals surface area (Å²) in [5, 5.41) is 28.2. The summed E-state index contributed by atoms with van der Waals surface area (Å²) in [6.45, 7) is 0. The van der Waals surface area contributed by atoms with Crippen LogP contribution in [0, 0.1) is 23.7 Å². The number of amides is 3. The number of benzene rings is 2. The maximum absolute atomic E-state index is 14.1. The first-order valence-corrected chi connectivity index (χ1v) is 13.7. The quantitative estimate of drug-likeness (QED) is 0.242. The second-order valence-corrected chi connectivity index (χ2v) is 11.8. The summed E-state index contributed by atoms with van der Waals surface area (Å²) in [5.74, 6) is -11.5. The molecule has 0 saturated heterocycles. The van der Waals surface area contributed by atoms with E-state index in [1.807, 2.05) is 0 Å². The van der Waals surface area contributed by atoms with Gasteiger partial charge in [0.15, 0.2) is 34.7 Å². The van der Waals surface area contributed by atoms with E-state index in [2.05, 4.69) is 10.6 Å².